The lowest BCUT2D eigenvalue weighted by Crippen LogP contribution is -3.13. The van der Waals surface area contributed by atoms with Gasteiger partial charge < -0.3 is 19.3 Å². The number of carbonyl (C=O) groups is 1. The summed E-state index contributed by atoms with van der Waals surface area (Å²) in [5, 5.41) is 0. The van der Waals surface area contributed by atoms with E-state index in [-0.39, 0.29) is 12.7 Å². The summed E-state index contributed by atoms with van der Waals surface area (Å²) >= 11 is 0. The van der Waals surface area contributed by atoms with Crippen LogP contribution in [0.2, 0.25) is 0 Å². The molecule has 0 bridgehead atoms. The van der Waals surface area contributed by atoms with Crippen molar-refractivity contribution < 1.29 is 27.6 Å². The molecule has 1 fully saturated rings. The maximum Gasteiger partial charge on any atom is 0.246 e. The van der Waals surface area contributed by atoms with Crippen molar-refractivity contribution in [3.8, 4) is 11.5 Å². The lowest BCUT2D eigenvalue weighted by Gasteiger charge is -2.36. The summed E-state index contributed by atoms with van der Waals surface area (Å²) in [5.74, 6) is 1.39. The van der Waals surface area contributed by atoms with Crippen molar-refractivity contribution in [3.63, 3.8) is 0 Å². The topological polar surface area (TPSA) is 80.6 Å². The van der Waals surface area contributed by atoms with Gasteiger partial charge in [0.05, 0.1) is 38.1 Å². The Bertz CT molecular complexity index is 1120. The van der Waals surface area contributed by atoms with Crippen molar-refractivity contribution >= 4 is 21.6 Å². The van der Waals surface area contributed by atoms with E-state index in [1.807, 2.05) is 50.2 Å². The molecule has 2 aliphatic rings. The quantitative estimate of drug-likeness (QED) is 0.679. The zero-order valence-corrected chi connectivity index (χ0v) is 20.4. The van der Waals surface area contributed by atoms with Crippen LogP contribution in [0.25, 0.3) is 0 Å². The monoisotopic (exact) mass is 474 g/mol. The van der Waals surface area contributed by atoms with Crippen LogP contribution in [0, 0.1) is 13.8 Å². The Hall–Kier alpha value is -2.78. The molecule has 33 heavy (non-hydrogen) atoms. The molecule has 0 saturated carbocycles. The molecular weight excluding hydrogens is 442 g/mol. The summed E-state index contributed by atoms with van der Waals surface area (Å²) in [7, 11) is -3.63. The Kier molecular flexibility index (Phi) is 6.54. The van der Waals surface area contributed by atoms with Crippen LogP contribution in [-0.2, 0) is 21.4 Å². The SMILES string of the molecule is Cc1cc(C)cc(N([C@H](C)C(=O)N2CC[NH+](Cc3ccc4c(c3)OCO4)CC2)S(C)(=O)=O)c1. The molecule has 0 unspecified atom stereocenters. The minimum Gasteiger partial charge on any atom is -0.454 e. The zero-order valence-electron chi connectivity index (χ0n) is 19.6. The van der Waals surface area contributed by atoms with Gasteiger partial charge in [-0.05, 0) is 62.2 Å². The second-order valence-electron chi connectivity index (χ2n) is 9.02. The Morgan fingerprint density at radius 2 is 1.70 bits per heavy atom. The predicted octanol–water partition coefficient (Wildman–Crippen LogP) is 1.11. The fourth-order valence-corrected chi connectivity index (χ4v) is 5.86. The highest BCUT2D eigenvalue weighted by molar-refractivity contribution is 7.92. The zero-order chi connectivity index (χ0) is 23.8. The summed E-state index contributed by atoms with van der Waals surface area (Å²) in [4.78, 5) is 16.5. The van der Waals surface area contributed by atoms with Gasteiger partial charge in [-0.3, -0.25) is 9.10 Å². The average Bonchev–Trinajstić information content (AvgIpc) is 3.20. The molecule has 0 aliphatic carbocycles. The molecule has 0 spiro atoms. The predicted molar refractivity (Wildman–Crippen MR) is 126 cm³/mol. The van der Waals surface area contributed by atoms with E-state index in [1.54, 1.807) is 11.8 Å². The van der Waals surface area contributed by atoms with Gasteiger partial charge in [-0.2, -0.15) is 0 Å². The summed E-state index contributed by atoms with van der Waals surface area (Å²) in [5.41, 5.74) is 3.61. The number of aryl methyl sites for hydroxylation is 2. The van der Waals surface area contributed by atoms with Crippen LogP contribution in [0.3, 0.4) is 0 Å². The number of piperazine rings is 1. The lowest BCUT2D eigenvalue weighted by atomic mass is 10.1. The third-order valence-corrected chi connectivity index (χ3v) is 7.44. The van der Waals surface area contributed by atoms with E-state index < -0.39 is 16.1 Å². The summed E-state index contributed by atoms with van der Waals surface area (Å²) in [6.45, 7) is 9.40. The fraction of sp³-hybridized carbons (Fsp3) is 0.458. The number of carbonyl (C=O) groups excluding carboxylic acids is 1. The van der Waals surface area contributed by atoms with Crippen LogP contribution in [0.4, 0.5) is 5.69 Å². The first-order valence-electron chi connectivity index (χ1n) is 11.2. The van der Waals surface area contributed by atoms with Gasteiger partial charge >= 0.3 is 0 Å². The molecular formula is C24H32N3O5S+. The van der Waals surface area contributed by atoms with Crippen molar-refractivity contribution in [2.45, 2.75) is 33.4 Å². The maximum atomic E-state index is 13.3. The Morgan fingerprint density at radius 1 is 1.06 bits per heavy atom. The molecule has 0 radical (unpaired) electrons. The number of anilines is 1. The Labute approximate surface area is 195 Å². The number of sulfonamides is 1. The third kappa shape index (κ3) is 5.25. The number of ether oxygens (including phenoxy) is 2. The lowest BCUT2D eigenvalue weighted by molar-refractivity contribution is -0.917. The van der Waals surface area contributed by atoms with Gasteiger partial charge in [-0.1, -0.05) is 6.07 Å². The van der Waals surface area contributed by atoms with E-state index in [4.69, 9.17) is 9.47 Å². The number of hydrogen-bond donors (Lipinski definition) is 1. The third-order valence-electron chi connectivity index (χ3n) is 6.20. The van der Waals surface area contributed by atoms with E-state index in [9.17, 15) is 13.2 Å². The number of rotatable bonds is 6. The largest absolute Gasteiger partial charge is 0.454 e. The van der Waals surface area contributed by atoms with Crippen LogP contribution < -0.4 is 18.7 Å². The normalized spacial score (nSPS) is 17.2. The molecule has 2 aromatic rings. The number of fused-ring (bicyclic) bond motifs is 1. The Morgan fingerprint density at radius 3 is 2.33 bits per heavy atom. The number of nitrogens with zero attached hydrogens (tertiary/aromatic N) is 2. The summed E-state index contributed by atoms with van der Waals surface area (Å²) in [6, 6.07) is 10.8. The minimum atomic E-state index is -3.63. The van der Waals surface area contributed by atoms with E-state index in [0.717, 1.165) is 48.5 Å². The molecule has 1 amide bonds. The number of benzene rings is 2. The van der Waals surface area contributed by atoms with Gasteiger partial charge in [0, 0.05) is 5.56 Å². The van der Waals surface area contributed by atoms with Gasteiger partial charge in [0.25, 0.3) is 0 Å². The second kappa shape index (κ2) is 9.23. The molecule has 1 saturated heterocycles. The molecule has 178 valence electrons. The van der Waals surface area contributed by atoms with E-state index in [1.165, 1.54) is 14.8 Å². The second-order valence-corrected chi connectivity index (χ2v) is 10.9. The first-order chi connectivity index (χ1) is 15.6. The first-order valence-corrected chi connectivity index (χ1v) is 13.1. The van der Waals surface area contributed by atoms with Crippen molar-refractivity contribution in [2.24, 2.45) is 0 Å². The van der Waals surface area contributed by atoms with Crippen LogP contribution in [-0.4, -0.2) is 64.5 Å². The van der Waals surface area contributed by atoms with Crippen molar-refractivity contribution in [1.29, 1.82) is 0 Å². The summed E-state index contributed by atoms with van der Waals surface area (Å²) in [6.07, 6.45) is 1.15. The van der Waals surface area contributed by atoms with Crippen molar-refractivity contribution in [2.75, 3.05) is 43.5 Å². The minimum absolute atomic E-state index is 0.165. The van der Waals surface area contributed by atoms with E-state index in [0.29, 0.717) is 18.8 Å². The highest BCUT2D eigenvalue weighted by Crippen LogP contribution is 2.32. The molecule has 1 N–H and O–H groups in total. The van der Waals surface area contributed by atoms with Gasteiger partial charge in [0.1, 0.15) is 12.6 Å². The average molecular weight is 475 g/mol. The van der Waals surface area contributed by atoms with Crippen molar-refractivity contribution in [1.82, 2.24) is 4.90 Å². The number of amides is 1. The molecule has 9 heteroatoms. The van der Waals surface area contributed by atoms with Crippen LogP contribution in [0.15, 0.2) is 36.4 Å². The van der Waals surface area contributed by atoms with E-state index in [2.05, 4.69) is 0 Å². The highest BCUT2D eigenvalue weighted by Gasteiger charge is 2.34. The molecule has 2 heterocycles. The van der Waals surface area contributed by atoms with Gasteiger partial charge in [0.2, 0.25) is 22.7 Å². The molecule has 2 aliphatic heterocycles. The number of quaternary nitrogens is 1. The molecule has 4 rings (SSSR count). The van der Waals surface area contributed by atoms with E-state index >= 15 is 0 Å². The number of hydrogen-bond acceptors (Lipinski definition) is 5. The smallest absolute Gasteiger partial charge is 0.246 e. The standard InChI is InChI=1S/C24H31N3O5S/c1-17-11-18(2)13-21(12-17)27(33(4,29)30)19(3)24(28)26-9-7-25(8-10-26)15-20-5-6-22-23(14-20)32-16-31-22/h5-6,11-14,19H,7-10,15-16H2,1-4H3/p+1/t19-/m1/s1. The van der Waals surface area contributed by atoms with Crippen molar-refractivity contribution in [3.05, 3.63) is 53.1 Å². The first kappa shape index (κ1) is 23.4. The molecule has 8 nitrogen and oxygen atoms in total. The molecule has 0 aromatic heterocycles. The van der Waals surface area contributed by atoms with Crippen LogP contribution >= 0.6 is 0 Å². The Balaban J connectivity index is 1.41. The highest BCUT2D eigenvalue weighted by atomic mass is 32.2. The van der Waals surface area contributed by atoms with Crippen LogP contribution in [0.5, 0.6) is 11.5 Å². The number of nitrogens with one attached hydrogen (secondary N) is 1. The molecule has 2 aromatic carbocycles. The van der Waals surface area contributed by atoms with Crippen LogP contribution in [0.1, 0.15) is 23.6 Å². The maximum absolute atomic E-state index is 13.3. The molecule has 1 atom stereocenters. The summed E-state index contributed by atoms with van der Waals surface area (Å²) < 4.78 is 37.4. The van der Waals surface area contributed by atoms with Gasteiger partial charge in [-0.25, -0.2) is 8.42 Å². The fourth-order valence-electron chi connectivity index (χ4n) is 4.70. The van der Waals surface area contributed by atoms with Gasteiger partial charge in [-0.15, -0.1) is 0 Å². The van der Waals surface area contributed by atoms with Gasteiger partial charge in [0.15, 0.2) is 11.5 Å².